The second-order valence-electron chi connectivity index (χ2n) is 10.00. The average molecular weight is 524 g/mol. The third kappa shape index (κ3) is 10.8. The molecule has 0 aromatic heterocycles. The number of alkyl carbamates (subject to hydrolysis) is 1. The van der Waals surface area contributed by atoms with E-state index in [4.69, 9.17) is 4.74 Å². The average Bonchev–Trinajstić information content (AvgIpc) is 2.78. The van der Waals surface area contributed by atoms with E-state index >= 15 is 0 Å². The van der Waals surface area contributed by atoms with Crippen molar-refractivity contribution in [3.63, 3.8) is 0 Å². The van der Waals surface area contributed by atoms with Crippen LogP contribution in [0.4, 0.5) is 4.79 Å². The molecule has 0 bridgehead atoms. The number of carbonyl (C=O) groups is 3. The first-order valence-corrected chi connectivity index (χ1v) is 14.1. The summed E-state index contributed by atoms with van der Waals surface area (Å²) < 4.78 is 5.38. The second kappa shape index (κ2) is 15.8. The molecule has 0 spiro atoms. The fourth-order valence-corrected chi connectivity index (χ4v) is 4.36. The fraction of sp³-hybridized carbons (Fsp3) is 0.667. The Morgan fingerprint density at radius 1 is 1.17 bits per heavy atom. The number of unbranched alkanes of at least 4 members (excludes halogenated alkanes) is 2. The maximum atomic E-state index is 13.9. The highest BCUT2D eigenvalue weighted by Gasteiger charge is 2.36. The van der Waals surface area contributed by atoms with Gasteiger partial charge in [-0.3, -0.25) is 9.59 Å². The predicted octanol–water partition coefficient (Wildman–Crippen LogP) is 4.12. The molecular formula is C27H45N3O5S. The number of carbonyl (C=O) groups excluding carboxylic acids is 3. The molecule has 1 aromatic rings. The molecule has 0 aliphatic rings. The topological polar surface area (TPSA) is 108 Å². The van der Waals surface area contributed by atoms with E-state index in [-0.39, 0.29) is 19.1 Å². The van der Waals surface area contributed by atoms with Crippen LogP contribution in [0.3, 0.4) is 0 Å². The van der Waals surface area contributed by atoms with Crippen molar-refractivity contribution < 1.29 is 24.2 Å². The minimum atomic E-state index is -0.941. The molecule has 0 heterocycles. The van der Waals surface area contributed by atoms with Gasteiger partial charge in [-0.2, -0.15) is 11.8 Å². The van der Waals surface area contributed by atoms with Crippen molar-refractivity contribution in [3.05, 3.63) is 34.9 Å². The van der Waals surface area contributed by atoms with Crippen molar-refractivity contribution >= 4 is 29.7 Å². The number of hydrogen-bond donors (Lipinski definition) is 3. The first kappa shape index (κ1) is 31.8. The molecule has 1 aromatic carbocycles. The summed E-state index contributed by atoms with van der Waals surface area (Å²) in [4.78, 5) is 41.3. The molecule has 0 saturated heterocycles. The summed E-state index contributed by atoms with van der Waals surface area (Å²) in [6.45, 7) is 11.4. The molecule has 2 unspecified atom stereocenters. The van der Waals surface area contributed by atoms with Crippen LogP contribution in [0.1, 0.15) is 76.1 Å². The van der Waals surface area contributed by atoms with Crippen molar-refractivity contribution in [2.24, 2.45) is 0 Å². The third-order valence-electron chi connectivity index (χ3n) is 5.58. The molecule has 0 radical (unpaired) electrons. The summed E-state index contributed by atoms with van der Waals surface area (Å²) in [6, 6.07) is 3.89. The van der Waals surface area contributed by atoms with E-state index in [1.54, 1.807) is 32.5 Å². The lowest BCUT2D eigenvalue weighted by Gasteiger charge is -2.34. The maximum absolute atomic E-state index is 13.9. The van der Waals surface area contributed by atoms with Crippen molar-refractivity contribution in [1.82, 2.24) is 15.5 Å². The summed E-state index contributed by atoms with van der Waals surface area (Å²) in [7, 11) is 0. The Balaban J connectivity index is 3.39. The van der Waals surface area contributed by atoms with Gasteiger partial charge in [0.1, 0.15) is 17.7 Å². The third-order valence-corrected chi connectivity index (χ3v) is 6.23. The van der Waals surface area contributed by atoms with Crippen LogP contribution in [0.15, 0.2) is 18.2 Å². The van der Waals surface area contributed by atoms with Crippen LogP contribution in [0.25, 0.3) is 0 Å². The highest BCUT2D eigenvalue weighted by Crippen LogP contribution is 2.27. The van der Waals surface area contributed by atoms with Crippen LogP contribution >= 0.6 is 11.8 Å². The van der Waals surface area contributed by atoms with Gasteiger partial charge >= 0.3 is 6.09 Å². The van der Waals surface area contributed by atoms with Gasteiger partial charge in [0.15, 0.2) is 0 Å². The van der Waals surface area contributed by atoms with E-state index in [0.717, 1.165) is 30.4 Å². The largest absolute Gasteiger partial charge is 0.444 e. The van der Waals surface area contributed by atoms with Gasteiger partial charge in [0.05, 0.1) is 6.61 Å². The number of amides is 3. The van der Waals surface area contributed by atoms with E-state index < -0.39 is 29.7 Å². The Morgan fingerprint density at radius 3 is 2.42 bits per heavy atom. The van der Waals surface area contributed by atoms with Crippen molar-refractivity contribution in [1.29, 1.82) is 0 Å². The zero-order valence-electron chi connectivity index (χ0n) is 23.0. The van der Waals surface area contributed by atoms with Crippen molar-refractivity contribution in [2.75, 3.05) is 31.7 Å². The first-order valence-electron chi connectivity index (χ1n) is 12.7. The van der Waals surface area contributed by atoms with Gasteiger partial charge in [-0.1, -0.05) is 43.5 Å². The normalized spacial score (nSPS) is 13.0. The molecule has 3 amide bonds. The molecule has 204 valence electrons. The van der Waals surface area contributed by atoms with Gasteiger partial charge in [0.2, 0.25) is 11.8 Å². The lowest BCUT2D eigenvalue weighted by atomic mass is 9.96. The lowest BCUT2D eigenvalue weighted by Crippen LogP contribution is -2.54. The van der Waals surface area contributed by atoms with Gasteiger partial charge in [-0.05, 0) is 70.6 Å². The number of aliphatic hydroxyl groups excluding tert-OH is 1. The van der Waals surface area contributed by atoms with Crippen LogP contribution in [0, 0.1) is 13.8 Å². The Bertz CT molecular complexity index is 856. The smallest absolute Gasteiger partial charge is 0.408 e. The van der Waals surface area contributed by atoms with Gasteiger partial charge < -0.3 is 25.4 Å². The predicted molar refractivity (Wildman–Crippen MR) is 146 cm³/mol. The minimum absolute atomic E-state index is 0.0506. The molecule has 3 N–H and O–H groups in total. The van der Waals surface area contributed by atoms with Crippen LogP contribution < -0.4 is 10.6 Å². The highest BCUT2D eigenvalue weighted by atomic mass is 32.2. The first-order chi connectivity index (χ1) is 16.9. The molecule has 1 rings (SSSR count). The standard InChI is InChI=1S/C27H45N3O5S/c1-8-9-10-14-28-24(32)23(21-12-11-19(2)18-20(21)3)30(15-16-31)25(33)22(13-17-36-7)29-26(34)35-27(4,5)6/h11-12,18,22-23,31H,8-10,13-17H2,1-7H3,(H,28,32)(H,29,34). The number of aliphatic hydroxyl groups is 1. The molecular weight excluding hydrogens is 478 g/mol. The number of rotatable bonds is 14. The lowest BCUT2D eigenvalue weighted by molar-refractivity contribution is -0.143. The summed E-state index contributed by atoms with van der Waals surface area (Å²) >= 11 is 1.55. The van der Waals surface area contributed by atoms with Crippen molar-refractivity contribution in [3.8, 4) is 0 Å². The number of nitrogens with one attached hydrogen (secondary N) is 2. The number of hydrogen-bond acceptors (Lipinski definition) is 6. The van der Waals surface area contributed by atoms with Gasteiger partial charge in [0.25, 0.3) is 0 Å². The summed E-state index contributed by atoms with van der Waals surface area (Å²) in [5, 5.41) is 15.5. The molecule has 2 atom stereocenters. The van der Waals surface area contributed by atoms with Gasteiger partial charge in [0, 0.05) is 13.1 Å². The quantitative estimate of drug-likeness (QED) is 0.317. The molecule has 36 heavy (non-hydrogen) atoms. The Kier molecular flexibility index (Phi) is 13.9. The van der Waals surface area contributed by atoms with E-state index in [2.05, 4.69) is 17.6 Å². The summed E-state index contributed by atoms with van der Waals surface area (Å²) in [5.41, 5.74) is 1.89. The molecule has 0 fully saturated rings. The Labute approximate surface area is 220 Å². The van der Waals surface area contributed by atoms with Crippen LogP contribution in [0.2, 0.25) is 0 Å². The van der Waals surface area contributed by atoms with Crippen LogP contribution in [0.5, 0.6) is 0 Å². The number of ether oxygens (including phenoxy) is 1. The minimum Gasteiger partial charge on any atom is -0.444 e. The Morgan fingerprint density at radius 2 is 1.86 bits per heavy atom. The number of thioether (sulfide) groups is 1. The molecule has 0 saturated carbocycles. The maximum Gasteiger partial charge on any atom is 0.408 e. The second-order valence-corrected chi connectivity index (χ2v) is 11.0. The number of aryl methyl sites for hydroxylation is 2. The zero-order valence-corrected chi connectivity index (χ0v) is 23.8. The SMILES string of the molecule is CCCCCNC(=O)C(c1ccc(C)cc1C)N(CCO)C(=O)C(CCSC)NC(=O)OC(C)(C)C. The highest BCUT2D eigenvalue weighted by molar-refractivity contribution is 7.98. The fourth-order valence-electron chi connectivity index (χ4n) is 3.88. The van der Waals surface area contributed by atoms with E-state index in [0.29, 0.717) is 24.3 Å². The van der Waals surface area contributed by atoms with Crippen LogP contribution in [-0.4, -0.2) is 71.3 Å². The number of nitrogens with zero attached hydrogens (tertiary/aromatic N) is 1. The van der Waals surface area contributed by atoms with E-state index in [1.165, 1.54) is 4.90 Å². The van der Waals surface area contributed by atoms with Gasteiger partial charge in [-0.25, -0.2) is 4.79 Å². The zero-order chi connectivity index (χ0) is 27.3. The van der Waals surface area contributed by atoms with E-state index in [1.807, 2.05) is 38.3 Å². The molecule has 8 nitrogen and oxygen atoms in total. The Hall–Kier alpha value is -2.26. The molecule has 9 heteroatoms. The van der Waals surface area contributed by atoms with E-state index in [9.17, 15) is 19.5 Å². The summed E-state index contributed by atoms with van der Waals surface area (Å²) in [6.07, 6.45) is 4.44. The van der Waals surface area contributed by atoms with Crippen molar-refractivity contribution in [2.45, 2.75) is 84.9 Å². The van der Waals surface area contributed by atoms with Gasteiger partial charge in [-0.15, -0.1) is 0 Å². The number of benzene rings is 1. The molecule has 0 aliphatic heterocycles. The van der Waals surface area contributed by atoms with Crippen LogP contribution in [-0.2, 0) is 14.3 Å². The molecule has 0 aliphatic carbocycles. The summed E-state index contributed by atoms with van der Waals surface area (Å²) in [5.74, 6) is -0.116. The monoisotopic (exact) mass is 523 g/mol.